The molecule has 1 heterocycles. The Hall–Kier alpha value is -3.33. The zero-order valence-corrected chi connectivity index (χ0v) is 13.6. The maximum Gasteiger partial charge on any atom is 0.256 e. The van der Waals surface area contributed by atoms with Gasteiger partial charge in [-0.05, 0) is 11.6 Å². The number of carbonyl (C=O) groups is 1. The molecule has 0 radical (unpaired) electrons. The maximum atomic E-state index is 12.9. The van der Waals surface area contributed by atoms with Gasteiger partial charge < -0.3 is 9.73 Å². The van der Waals surface area contributed by atoms with Crippen LogP contribution in [-0.4, -0.2) is 5.91 Å². The first-order valence-corrected chi connectivity index (χ1v) is 8.22. The van der Waals surface area contributed by atoms with E-state index in [9.17, 15) is 4.79 Å². The van der Waals surface area contributed by atoms with E-state index >= 15 is 0 Å². The summed E-state index contributed by atoms with van der Waals surface area (Å²) in [5.74, 6) is 0.472. The van der Waals surface area contributed by atoms with Crippen molar-refractivity contribution in [2.24, 2.45) is 0 Å². The van der Waals surface area contributed by atoms with E-state index in [2.05, 4.69) is 5.32 Å². The summed E-state index contributed by atoms with van der Waals surface area (Å²) in [7, 11) is 0. The van der Waals surface area contributed by atoms with Crippen LogP contribution >= 0.6 is 0 Å². The predicted octanol–water partition coefficient (Wildman–Crippen LogP) is 5.03. The first kappa shape index (κ1) is 15.2. The largest absolute Gasteiger partial charge is 0.455 e. The molecular formula is C22H17NO2. The average molecular weight is 327 g/mol. The van der Waals surface area contributed by atoms with E-state index in [0.717, 1.165) is 16.5 Å². The van der Waals surface area contributed by atoms with Crippen LogP contribution in [0.3, 0.4) is 0 Å². The second kappa shape index (κ2) is 6.65. The highest BCUT2D eigenvalue weighted by Crippen LogP contribution is 2.33. The van der Waals surface area contributed by atoms with Crippen molar-refractivity contribution in [1.29, 1.82) is 0 Å². The predicted molar refractivity (Wildman–Crippen MR) is 99.3 cm³/mol. The van der Waals surface area contributed by atoms with Gasteiger partial charge in [-0.3, -0.25) is 4.79 Å². The highest BCUT2D eigenvalue weighted by Gasteiger charge is 2.21. The Balaban J connectivity index is 1.73. The summed E-state index contributed by atoms with van der Waals surface area (Å²) in [6, 6.07) is 27.2. The lowest BCUT2D eigenvalue weighted by Gasteiger charge is -2.06. The van der Waals surface area contributed by atoms with Crippen LogP contribution < -0.4 is 5.32 Å². The lowest BCUT2D eigenvalue weighted by atomic mass is 10.0. The molecule has 0 unspecified atom stereocenters. The Bertz CT molecular complexity index is 1000. The van der Waals surface area contributed by atoms with Crippen LogP contribution in [0.15, 0.2) is 89.3 Å². The molecule has 0 fully saturated rings. The minimum atomic E-state index is -0.132. The van der Waals surface area contributed by atoms with Gasteiger partial charge in [0.2, 0.25) is 0 Å². The second-order valence-electron chi connectivity index (χ2n) is 5.84. The molecule has 1 amide bonds. The molecule has 1 N–H and O–H groups in total. The summed E-state index contributed by atoms with van der Waals surface area (Å²) in [4.78, 5) is 12.9. The van der Waals surface area contributed by atoms with E-state index in [-0.39, 0.29) is 5.91 Å². The Kier molecular flexibility index (Phi) is 4.05. The molecule has 0 saturated heterocycles. The summed E-state index contributed by atoms with van der Waals surface area (Å²) in [5, 5.41) is 3.83. The molecule has 4 rings (SSSR count). The zero-order chi connectivity index (χ0) is 17.1. The van der Waals surface area contributed by atoms with Gasteiger partial charge in [-0.25, -0.2) is 0 Å². The molecule has 0 aliphatic carbocycles. The highest BCUT2D eigenvalue weighted by molar-refractivity contribution is 6.11. The van der Waals surface area contributed by atoms with Crippen LogP contribution in [0.4, 0.5) is 0 Å². The van der Waals surface area contributed by atoms with Crippen LogP contribution in [0.1, 0.15) is 15.9 Å². The minimum Gasteiger partial charge on any atom is -0.455 e. The SMILES string of the molecule is O=C(NCc1ccccc1)c1c(-c2ccccc2)oc2ccccc12. The van der Waals surface area contributed by atoms with E-state index in [4.69, 9.17) is 4.42 Å². The van der Waals surface area contributed by atoms with E-state index in [0.29, 0.717) is 23.5 Å². The Labute approximate surface area is 145 Å². The number of carbonyl (C=O) groups excluding carboxylic acids is 1. The molecule has 0 atom stereocenters. The molecule has 3 heteroatoms. The molecule has 122 valence electrons. The number of hydrogen-bond donors (Lipinski definition) is 1. The lowest BCUT2D eigenvalue weighted by molar-refractivity contribution is 0.0952. The van der Waals surface area contributed by atoms with Crippen molar-refractivity contribution in [2.75, 3.05) is 0 Å². The summed E-state index contributed by atoms with van der Waals surface area (Å²) < 4.78 is 6.00. The van der Waals surface area contributed by atoms with E-state index in [1.165, 1.54) is 0 Å². The number of amides is 1. The van der Waals surface area contributed by atoms with Crippen LogP contribution in [0.25, 0.3) is 22.3 Å². The van der Waals surface area contributed by atoms with Crippen molar-refractivity contribution in [3.05, 3.63) is 96.1 Å². The molecule has 0 spiro atoms. The van der Waals surface area contributed by atoms with Crippen molar-refractivity contribution in [3.8, 4) is 11.3 Å². The van der Waals surface area contributed by atoms with Crippen LogP contribution in [-0.2, 0) is 6.54 Å². The van der Waals surface area contributed by atoms with Gasteiger partial charge in [0.1, 0.15) is 11.3 Å². The average Bonchev–Trinajstić information content (AvgIpc) is 3.07. The maximum absolute atomic E-state index is 12.9. The van der Waals surface area contributed by atoms with E-state index < -0.39 is 0 Å². The molecule has 0 aliphatic heterocycles. The van der Waals surface area contributed by atoms with Crippen molar-refractivity contribution in [3.63, 3.8) is 0 Å². The topological polar surface area (TPSA) is 42.2 Å². The summed E-state index contributed by atoms with van der Waals surface area (Å²) in [5.41, 5.74) is 3.25. The van der Waals surface area contributed by atoms with Crippen molar-refractivity contribution >= 4 is 16.9 Å². The van der Waals surface area contributed by atoms with Crippen LogP contribution in [0.2, 0.25) is 0 Å². The number of benzene rings is 3. The number of fused-ring (bicyclic) bond motifs is 1. The number of nitrogens with one attached hydrogen (secondary N) is 1. The van der Waals surface area contributed by atoms with Crippen molar-refractivity contribution in [2.45, 2.75) is 6.54 Å². The lowest BCUT2D eigenvalue weighted by Crippen LogP contribution is -2.23. The summed E-state index contributed by atoms with van der Waals surface area (Å²) in [6.45, 7) is 0.480. The molecular weight excluding hydrogens is 310 g/mol. The molecule has 25 heavy (non-hydrogen) atoms. The fourth-order valence-electron chi connectivity index (χ4n) is 2.93. The highest BCUT2D eigenvalue weighted by atomic mass is 16.3. The van der Waals surface area contributed by atoms with Gasteiger partial charge in [-0.2, -0.15) is 0 Å². The normalized spacial score (nSPS) is 10.7. The summed E-state index contributed by atoms with van der Waals surface area (Å²) in [6.07, 6.45) is 0. The Morgan fingerprint density at radius 3 is 2.20 bits per heavy atom. The Morgan fingerprint density at radius 1 is 0.800 bits per heavy atom. The van der Waals surface area contributed by atoms with E-state index in [1.807, 2.05) is 84.9 Å². The fourth-order valence-corrected chi connectivity index (χ4v) is 2.93. The van der Waals surface area contributed by atoms with Gasteiger partial charge in [0.25, 0.3) is 5.91 Å². The van der Waals surface area contributed by atoms with Gasteiger partial charge >= 0.3 is 0 Å². The van der Waals surface area contributed by atoms with Gasteiger partial charge in [0.15, 0.2) is 0 Å². The van der Waals surface area contributed by atoms with Crippen molar-refractivity contribution in [1.82, 2.24) is 5.32 Å². The van der Waals surface area contributed by atoms with E-state index in [1.54, 1.807) is 0 Å². The molecule has 0 aliphatic rings. The first-order chi connectivity index (χ1) is 12.3. The first-order valence-electron chi connectivity index (χ1n) is 8.22. The van der Waals surface area contributed by atoms with Crippen LogP contribution in [0, 0.1) is 0 Å². The van der Waals surface area contributed by atoms with Gasteiger partial charge in [0, 0.05) is 17.5 Å². The number of hydrogen-bond acceptors (Lipinski definition) is 2. The molecule has 4 aromatic rings. The molecule has 3 aromatic carbocycles. The number of para-hydroxylation sites is 1. The van der Waals surface area contributed by atoms with Gasteiger partial charge in [0.05, 0.1) is 5.56 Å². The standard InChI is InChI=1S/C22H17NO2/c24-22(23-15-16-9-3-1-4-10-16)20-18-13-7-8-14-19(18)25-21(20)17-11-5-2-6-12-17/h1-14H,15H2,(H,23,24). The zero-order valence-electron chi connectivity index (χ0n) is 13.6. The third kappa shape index (κ3) is 3.04. The van der Waals surface area contributed by atoms with Crippen LogP contribution in [0.5, 0.6) is 0 Å². The smallest absolute Gasteiger partial charge is 0.256 e. The number of rotatable bonds is 4. The minimum absolute atomic E-state index is 0.132. The third-order valence-electron chi connectivity index (χ3n) is 4.15. The molecule has 3 nitrogen and oxygen atoms in total. The monoisotopic (exact) mass is 327 g/mol. The quantitative estimate of drug-likeness (QED) is 0.571. The molecule has 0 bridgehead atoms. The second-order valence-corrected chi connectivity index (χ2v) is 5.84. The fraction of sp³-hybridized carbons (Fsp3) is 0.0455. The Morgan fingerprint density at radius 2 is 1.44 bits per heavy atom. The van der Waals surface area contributed by atoms with Gasteiger partial charge in [-0.1, -0.05) is 78.9 Å². The molecule has 1 aromatic heterocycles. The third-order valence-corrected chi connectivity index (χ3v) is 4.15. The number of furan rings is 1. The van der Waals surface area contributed by atoms with Gasteiger partial charge in [-0.15, -0.1) is 0 Å². The summed E-state index contributed by atoms with van der Waals surface area (Å²) >= 11 is 0. The molecule has 0 saturated carbocycles. The van der Waals surface area contributed by atoms with Crippen molar-refractivity contribution < 1.29 is 9.21 Å².